The van der Waals surface area contributed by atoms with E-state index in [1.165, 1.54) is 16.7 Å². The molecule has 0 atom stereocenters. The average molecular weight is 298 g/mol. The molecule has 118 valence electrons. The molecule has 0 unspecified atom stereocenters. The van der Waals surface area contributed by atoms with Crippen LogP contribution >= 0.6 is 0 Å². The maximum absolute atomic E-state index is 4.52. The Balaban J connectivity index is 1.61. The van der Waals surface area contributed by atoms with Gasteiger partial charge in [-0.25, -0.2) is 4.98 Å². The van der Waals surface area contributed by atoms with Gasteiger partial charge in [-0.2, -0.15) is 0 Å². The van der Waals surface area contributed by atoms with Crippen LogP contribution < -0.4 is 4.90 Å². The Morgan fingerprint density at radius 3 is 2.59 bits per heavy atom. The molecule has 0 N–H and O–H groups in total. The van der Waals surface area contributed by atoms with Crippen molar-refractivity contribution in [3.05, 3.63) is 47.3 Å². The van der Waals surface area contributed by atoms with Gasteiger partial charge in [-0.05, 0) is 31.9 Å². The standard InChI is InChI=1S/C18H26N4/c1-4-21-8-7-19-18(21)22-11-9-20(10-12-22)14-17-13-15(2)5-6-16(17)3/h5-8,13H,4,9-12,14H2,1-3H3. The van der Waals surface area contributed by atoms with Gasteiger partial charge >= 0.3 is 0 Å². The number of imidazole rings is 1. The van der Waals surface area contributed by atoms with Gasteiger partial charge in [0, 0.05) is 51.7 Å². The lowest BCUT2D eigenvalue weighted by Gasteiger charge is -2.35. The Hall–Kier alpha value is -1.81. The van der Waals surface area contributed by atoms with E-state index >= 15 is 0 Å². The molecular weight excluding hydrogens is 272 g/mol. The highest BCUT2D eigenvalue weighted by atomic mass is 15.3. The summed E-state index contributed by atoms with van der Waals surface area (Å²) >= 11 is 0. The first-order chi connectivity index (χ1) is 10.7. The van der Waals surface area contributed by atoms with Crippen LogP contribution in [0.1, 0.15) is 23.6 Å². The fourth-order valence-corrected chi connectivity index (χ4v) is 3.15. The summed E-state index contributed by atoms with van der Waals surface area (Å²) in [5.74, 6) is 1.12. The number of nitrogens with zero attached hydrogens (tertiary/aromatic N) is 4. The molecule has 1 saturated heterocycles. The van der Waals surface area contributed by atoms with Crippen LogP contribution in [0.2, 0.25) is 0 Å². The predicted octanol–water partition coefficient (Wildman–Crippen LogP) is 2.84. The smallest absolute Gasteiger partial charge is 0.205 e. The van der Waals surface area contributed by atoms with Gasteiger partial charge in [0.15, 0.2) is 0 Å². The van der Waals surface area contributed by atoms with Crippen LogP contribution in [0.4, 0.5) is 5.95 Å². The minimum absolute atomic E-state index is 0.984. The highest BCUT2D eigenvalue weighted by Gasteiger charge is 2.20. The van der Waals surface area contributed by atoms with Crippen molar-refractivity contribution in [2.75, 3.05) is 31.1 Å². The monoisotopic (exact) mass is 298 g/mol. The van der Waals surface area contributed by atoms with Gasteiger partial charge in [0.25, 0.3) is 0 Å². The van der Waals surface area contributed by atoms with Gasteiger partial charge in [0.05, 0.1) is 0 Å². The highest BCUT2D eigenvalue weighted by molar-refractivity contribution is 5.33. The number of rotatable bonds is 4. The predicted molar refractivity (Wildman–Crippen MR) is 91.3 cm³/mol. The van der Waals surface area contributed by atoms with Gasteiger partial charge in [-0.1, -0.05) is 23.8 Å². The average Bonchev–Trinajstić information content (AvgIpc) is 3.00. The Bertz CT molecular complexity index is 624. The first kappa shape index (κ1) is 15.1. The lowest BCUT2D eigenvalue weighted by Crippen LogP contribution is -2.46. The number of anilines is 1. The van der Waals surface area contributed by atoms with Crippen LogP contribution in [0.5, 0.6) is 0 Å². The second kappa shape index (κ2) is 6.53. The Morgan fingerprint density at radius 2 is 1.86 bits per heavy atom. The highest BCUT2D eigenvalue weighted by Crippen LogP contribution is 2.17. The number of hydrogen-bond donors (Lipinski definition) is 0. The normalized spacial score (nSPS) is 16.2. The first-order valence-electron chi connectivity index (χ1n) is 8.22. The molecule has 1 fully saturated rings. The van der Waals surface area contributed by atoms with E-state index in [-0.39, 0.29) is 0 Å². The van der Waals surface area contributed by atoms with Crippen molar-refractivity contribution in [3.8, 4) is 0 Å². The molecule has 4 heteroatoms. The molecule has 0 saturated carbocycles. The molecule has 0 radical (unpaired) electrons. The second-order valence-corrected chi connectivity index (χ2v) is 6.21. The number of aryl methyl sites for hydroxylation is 3. The van der Waals surface area contributed by atoms with E-state index in [1.807, 2.05) is 6.20 Å². The van der Waals surface area contributed by atoms with E-state index < -0.39 is 0 Å². The molecule has 1 aliphatic heterocycles. The lowest BCUT2D eigenvalue weighted by molar-refractivity contribution is 0.247. The molecule has 22 heavy (non-hydrogen) atoms. The Morgan fingerprint density at radius 1 is 1.09 bits per heavy atom. The van der Waals surface area contributed by atoms with Crippen LogP contribution in [0.25, 0.3) is 0 Å². The third-order valence-corrected chi connectivity index (χ3v) is 4.59. The minimum atomic E-state index is 0.984. The van der Waals surface area contributed by atoms with E-state index in [0.29, 0.717) is 0 Å². The molecular formula is C18H26N4. The Kier molecular flexibility index (Phi) is 4.48. The van der Waals surface area contributed by atoms with Gasteiger partial charge in [0.2, 0.25) is 5.95 Å². The van der Waals surface area contributed by atoms with Crippen molar-refractivity contribution in [1.29, 1.82) is 0 Å². The van der Waals surface area contributed by atoms with Gasteiger partial charge in [0.1, 0.15) is 0 Å². The van der Waals surface area contributed by atoms with Gasteiger partial charge in [-0.15, -0.1) is 0 Å². The van der Waals surface area contributed by atoms with Crippen molar-refractivity contribution < 1.29 is 0 Å². The first-order valence-corrected chi connectivity index (χ1v) is 8.22. The topological polar surface area (TPSA) is 24.3 Å². The fourth-order valence-electron chi connectivity index (χ4n) is 3.15. The van der Waals surface area contributed by atoms with Crippen LogP contribution in [0, 0.1) is 13.8 Å². The summed E-state index contributed by atoms with van der Waals surface area (Å²) in [6.45, 7) is 12.9. The minimum Gasteiger partial charge on any atom is -0.340 e. The second-order valence-electron chi connectivity index (χ2n) is 6.21. The third kappa shape index (κ3) is 3.17. The largest absolute Gasteiger partial charge is 0.340 e. The number of piperazine rings is 1. The molecule has 0 spiro atoms. The van der Waals surface area contributed by atoms with Crippen LogP contribution in [-0.4, -0.2) is 40.6 Å². The number of benzene rings is 1. The van der Waals surface area contributed by atoms with Crippen molar-refractivity contribution >= 4 is 5.95 Å². The molecule has 0 amide bonds. The maximum Gasteiger partial charge on any atom is 0.205 e. The summed E-state index contributed by atoms with van der Waals surface area (Å²) in [6, 6.07) is 6.76. The van der Waals surface area contributed by atoms with Crippen molar-refractivity contribution in [1.82, 2.24) is 14.5 Å². The molecule has 3 rings (SSSR count). The zero-order chi connectivity index (χ0) is 15.5. The van der Waals surface area contributed by atoms with E-state index in [4.69, 9.17) is 0 Å². The third-order valence-electron chi connectivity index (χ3n) is 4.59. The summed E-state index contributed by atoms with van der Waals surface area (Å²) < 4.78 is 2.22. The quantitative estimate of drug-likeness (QED) is 0.867. The SMILES string of the molecule is CCn1ccnc1N1CCN(Cc2cc(C)ccc2C)CC1. The molecule has 1 aromatic heterocycles. The van der Waals surface area contributed by atoms with Gasteiger partial charge < -0.3 is 9.47 Å². The number of aromatic nitrogens is 2. The fraction of sp³-hybridized carbons (Fsp3) is 0.500. The molecule has 1 aliphatic rings. The van der Waals surface area contributed by atoms with Crippen molar-refractivity contribution in [3.63, 3.8) is 0 Å². The Labute approximate surface area is 133 Å². The van der Waals surface area contributed by atoms with Crippen LogP contribution in [0.3, 0.4) is 0 Å². The number of hydrogen-bond acceptors (Lipinski definition) is 3. The lowest BCUT2D eigenvalue weighted by atomic mass is 10.0. The molecule has 2 aromatic rings. The van der Waals surface area contributed by atoms with Crippen LogP contribution in [-0.2, 0) is 13.1 Å². The summed E-state index contributed by atoms with van der Waals surface area (Å²) in [4.78, 5) is 9.47. The van der Waals surface area contributed by atoms with Gasteiger partial charge in [-0.3, -0.25) is 4.90 Å². The van der Waals surface area contributed by atoms with Crippen molar-refractivity contribution in [2.24, 2.45) is 0 Å². The molecule has 2 heterocycles. The molecule has 4 nitrogen and oxygen atoms in total. The summed E-state index contributed by atoms with van der Waals surface area (Å²) in [5.41, 5.74) is 4.21. The summed E-state index contributed by atoms with van der Waals surface area (Å²) in [6.07, 6.45) is 3.97. The zero-order valence-corrected chi connectivity index (χ0v) is 13.9. The van der Waals surface area contributed by atoms with Crippen LogP contribution in [0.15, 0.2) is 30.6 Å². The summed E-state index contributed by atoms with van der Waals surface area (Å²) in [5, 5.41) is 0. The van der Waals surface area contributed by atoms with E-state index in [1.54, 1.807) is 0 Å². The van der Waals surface area contributed by atoms with E-state index in [9.17, 15) is 0 Å². The zero-order valence-electron chi connectivity index (χ0n) is 13.9. The maximum atomic E-state index is 4.52. The summed E-state index contributed by atoms with van der Waals surface area (Å²) in [7, 11) is 0. The van der Waals surface area contributed by atoms with E-state index in [2.05, 4.69) is 64.5 Å². The van der Waals surface area contributed by atoms with Crippen molar-refractivity contribution in [2.45, 2.75) is 33.9 Å². The van der Waals surface area contributed by atoms with E-state index in [0.717, 1.165) is 45.2 Å². The molecule has 0 aliphatic carbocycles. The molecule has 1 aromatic carbocycles. The molecule has 0 bridgehead atoms.